The highest BCUT2D eigenvalue weighted by Crippen LogP contribution is 2.19. The topological polar surface area (TPSA) is 58.2 Å². The Morgan fingerprint density at radius 3 is 2.40 bits per heavy atom. The van der Waals surface area contributed by atoms with E-state index in [9.17, 15) is 4.79 Å². The highest BCUT2D eigenvalue weighted by Gasteiger charge is 2.23. The number of carbonyl (C=O) groups excluding carboxylic acids is 1. The van der Waals surface area contributed by atoms with Crippen molar-refractivity contribution in [3.63, 3.8) is 0 Å². The molecule has 1 saturated carbocycles. The molecule has 3 rings (SSSR count). The predicted molar refractivity (Wildman–Crippen MR) is 101 cm³/mol. The fourth-order valence-corrected chi connectivity index (χ4v) is 3.83. The number of ether oxygens (including phenoxy) is 1. The summed E-state index contributed by atoms with van der Waals surface area (Å²) in [6, 6.07) is 8.73. The fourth-order valence-electron chi connectivity index (χ4n) is 3.83. The molecular formula is C20H32N3O2+. The minimum absolute atomic E-state index is 0.0398. The lowest BCUT2D eigenvalue weighted by Crippen LogP contribution is -2.96. The number of amides is 1. The zero-order valence-corrected chi connectivity index (χ0v) is 15.4. The van der Waals surface area contributed by atoms with Gasteiger partial charge in [-0.15, -0.1) is 0 Å². The molecule has 138 valence electrons. The van der Waals surface area contributed by atoms with Crippen LogP contribution in [0.1, 0.15) is 45.4 Å². The van der Waals surface area contributed by atoms with E-state index in [4.69, 9.17) is 4.74 Å². The van der Waals surface area contributed by atoms with Crippen LogP contribution in [0.15, 0.2) is 24.3 Å². The van der Waals surface area contributed by atoms with Gasteiger partial charge in [-0.25, -0.2) is 0 Å². The lowest BCUT2D eigenvalue weighted by Gasteiger charge is -2.29. The Morgan fingerprint density at radius 1 is 1.12 bits per heavy atom. The molecule has 5 nitrogen and oxygen atoms in total. The maximum Gasteiger partial charge on any atom is 0.282 e. The number of hydrogen-bond acceptors (Lipinski definition) is 3. The molecule has 0 radical (unpaired) electrons. The maximum atomic E-state index is 12.5. The van der Waals surface area contributed by atoms with Gasteiger partial charge in [0.2, 0.25) is 0 Å². The van der Waals surface area contributed by atoms with Crippen LogP contribution in [0.25, 0.3) is 0 Å². The van der Waals surface area contributed by atoms with Crippen molar-refractivity contribution >= 4 is 17.3 Å². The molecular weight excluding hydrogens is 314 g/mol. The zero-order valence-electron chi connectivity index (χ0n) is 15.4. The molecule has 2 fully saturated rings. The number of carbonyl (C=O) groups is 1. The van der Waals surface area contributed by atoms with Crippen LogP contribution in [-0.2, 0) is 9.53 Å². The lowest BCUT2D eigenvalue weighted by molar-refractivity contribution is -0.707. The van der Waals surface area contributed by atoms with E-state index < -0.39 is 0 Å². The van der Waals surface area contributed by atoms with E-state index in [1.165, 1.54) is 44.2 Å². The van der Waals surface area contributed by atoms with Gasteiger partial charge in [-0.3, -0.25) is 4.79 Å². The summed E-state index contributed by atoms with van der Waals surface area (Å²) in [7, 11) is 0. The summed E-state index contributed by atoms with van der Waals surface area (Å²) in [6.07, 6.45) is 7.79. The first-order valence-electron chi connectivity index (χ1n) is 9.81. The summed E-state index contributed by atoms with van der Waals surface area (Å²) in [5.74, 6) is 0.100. The molecule has 25 heavy (non-hydrogen) atoms. The standard InChI is InChI=1S/C20H31N3O2/c1-16(21-17-6-4-2-3-5-7-17)20(24)22-18-8-10-19(11-9-18)23-12-14-25-15-13-23/h8-11,16-17,21H,2-7,12-15H2,1H3,(H,22,24)/p+1/t16-/m1/s1. The number of nitrogens with two attached hydrogens (primary N) is 1. The van der Waals surface area contributed by atoms with Gasteiger partial charge in [0.15, 0.2) is 6.04 Å². The number of morpholine rings is 1. The van der Waals surface area contributed by atoms with E-state index in [0.717, 1.165) is 32.0 Å². The molecule has 0 bridgehead atoms. The molecule has 5 heteroatoms. The number of hydrogen-bond donors (Lipinski definition) is 2. The molecule has 1 aromatic carbocycles. The third-order valence-corrected chi connectivity index (χ3v) is 5.39. The minimum atomic E-state index is -0.0398. The summed E-state index contributed by atoms with van der Waals surface area (Å²) in [6.45, 7) is 5.44. The van der Waals surface area contributed by atoms with Crippen molar-refractivity contribution in [2.45, 2.75) is 57.5 Å². The molecule has 0 unspecified atom stereocenters. The van der Waals surface area contributed by atoms with Crippen molar-refractivity contribution < 1.29 is 14.8 Å². The van der Waals surface area contributed by atoms with E-state index in [1.54, 1.807) is 0 Å². The van der Waals surface area contributed by atoms with Gasteiger partial charge in [-0.05, 0) is 56.9 Å². The molecule has 1 atom stereocenters. The highest BCUT2D eigenvalue weighted by molar-refractivity contribution is 5.93. The molecule has 1 amide bonds. The molecule has 3 N–H and O–H groups in total. The second-order valence-electron chi connectivity index (χ2n) is 7.37. The van der Waals surface area contributed by atoms with Crippen molar-refractivity contribution in [1.29, 1.82) is 0 Å². The second-order valence-corrected chi connectivity index (χ2v) is 7.37. The first kappa shape index (κ1) is 18.2. The van der Waals surface area contributed by atoms with Crippen molar-refractivity contribution in [1.82, 2.24) is 0 Å². The quantitative estimate of drug-likeness (QED) is 0.803. The Bertz CT molecular complexity index is 532. The molecule has 1 aliphatic heterocycles. The van der Waals surface area contributed by atoms with E-state index in [1.807, 2.05) is 19.1 Å². The number of nitrogens with one attached hydrogen (secondary N) is 1. The molecule has 1 saturated heterocycles. The van der Waals surface area contributed by atoms with Crippen LogP contribution in [0.2, 0.25) is 0 Å². The molecule has 0 spiro atoms. The van der Waals surface area contributed by atoms with Crippen LogP contribution in [0, 0.1) is 0 Å². The van der Waals surface area contributed by atoms with E-state index in [-0.39, 0.29) is 11.9 Å². The van der Waals surface area contributed by atoms with Crippen LogP contribution < -0.4 is 15.5 Å². The molecule has 1 aromatic rings. The Kier molecular flexibility index (Phi) is 6.70. The first-order valence-corrected chi connectivity index (χ1v) is 9.81. The van der Waals surface area contributed by atoms with E-state index in [0.29, 0.717) is 6.04 Å². The summed E-state index contributed by atoms with van der Waals surface area (Å²) in [4.78, 5) is 14.8. The van der Waals surface area contributed by atoms with Gasteiger partial charge in [0.25, 0.3) is 5.91 Å². The number of quaternary nitrogens is 1. The number of benzene rings is 1. The Morgan fingerprint density at radius 2 is 1.76 bits per heavy atom. The maximum absolute atomic E-state index is 12.5. The van der Waals surface area contributed by atoms with Gasteiger partial charge in [-0.1, -0.05) is 12.8 Å². The Hall–Kier alpha value is -1.59. The first-order chi connectivity index (χ1) is 12.2. The van der Waals surface area contributed by atoms with E-state index >= 15 is 0 Å². The molecule has 1 aliphatic carbocycles. The van der Waals surface area contributed by atoms with Gasteiger partial charge in [-0.2, -0.15) is 0 Å². The highest BCUT2D eigenvalue weighted by atomic mass is 16.5. The molecule has 2 aliphatic rings. The smallest absolute Gasteiger partial charge is 0.282 e. The van der Waals surface area contributed by atoms with Crippen LogP contribution in [-0.4, -0.2) is 44.3 Å². The second kappa shape index (κ2) is 9.20. The van der Waals surface area contributed by atoms with Gasteiger partial charge in [0, 0.05) is 24.5 Å². The normalized spacial score (nSPS) is 20.8. The average molecular weight is 346 g/mol. The van der Waals surface area contributed by atoms with Crippen molar-refractivity contribution in [2.24, 2.45) is 0 Å². The van der Waals surface area contributed by atoms with Crippen LogP contribution in [0.3, 0.4) is 0 Å². The molecule has 0 aromatic heterocycles. The zero-order chi connectivity index (χ0) is 17.5. The number of anilines is 2. The summed E-state index contributed by atoms with van der Waals surface area (Å²) in [5, 5.41) is 5.33. The largest absolute Gasteiger partial charge is 0.378 e. The van der Waals surface area contributed by atoms with Crippen molar-refractivity contribution in [2.75, 3.05) is 36.5 Å². The van der Waals surface area contributed by atoms with Gasteiger partial charge in [0.1, 0.15) is 0 Å². The summed E-state index contributed by atoms with van der Waals surface area (Å²) >= 11 is 0. The lowest BCUT2D eigenvalue weighted by atomic mass is 10.1. The predicted octanol–water partition coefficient (Wildman–Crippen LogP) is 2.14. The summed E-state index contributed by atoms with van der Waals surface area (Å²) < 4.78 is 5.39. The average Bonchev–Trinajstić information content (AvgIpc) is 2.92. The SMILES string of the molecule is C[C@@H]([NH2+]C1CCCCCC1)C(=O)Nc1ccc(N2CCOCC2)cc1. The third-order valence-electron chi connectivity index (χ3n) is 5.39. The van der Waals surface area contributed by atoms with Crippen molar-refractivity contribution in [3.05, 3.63) is 24.3 Å². The van der Waals surface area contributed by atoms with Crippen LogP contribution in [0.4, 0.5) is 11.4 Å². The van der Waals surface area contributed by atoms with Crippen LogP contribution in [0.5, 0.6) is 0 Å². The monoisotopic (exact) mass is 346 g/mol. The molecule has 1 heterocycles. The summed E-state index contributed by atoms with van der Waals surface area (Å²) in [5.41, 5.74) is 2.07. The Labute approximate surface area is 151 Å². The van der Waals surface area contributed by atoms with E-state index in [2.05, 4.69) is 27.7 Å². The number of nitrogens with zero attached hydrogens (tertiary/aromatic N) is 1. The van der Waals surface area contributed by atoms with Crippen molar-refractivity contribution in [3.8, 4) is 0 Å². The van der Waals surface area contributed by atoms with Gasteiger partial charge >= 0.3 is 0 Å². The van der Waals surface area contributed by atoms with Gasteiger partial charge in [0.05, 0.1) is 19.3 Å². The van der Waals surface area contributed by atoms with Crippen LogP contribution >= 0.6 is 0 Å². The third kappa shape index (κ3) is 5.44. The number of rotatable bonds is 5. The Balaban J connectivity index is 1.49. The van der Waals surface area contributed by atoms with Gasteiger partial charge < -0.3 is 20.3 Å². The fraction of sp³-hybridized carbons (Fsp3) is 0.650. The minimum Gasteiger partial charge on any atom is -0.378 e.